The van der Waals surface area contributed by atoms with Gasteiger partial charge in [-0.25, -0.2) is 8.42 Å². The van der Waals surface area contributed by atoms with Gasteiger partial charge < -0.3 is 5.11 Å². The van der Waals surface area contributed by atoms with Gasteiger partial charge in [0.25, 0.3) is 10.0 Å². The van der Waals surface area contributed by atoms with Crippen LogP contribution in [-0.4, -0.2) is 36.4 Å². The third-order valence-electron chi connectivity index (χ3n) is 3.58. The fourth-order valence-electron chi connectivity index (χ4n) is 2.43. The Kier molecular flexibility index (Phi) is 4.27. The molecule has 0 saturated carbocycles. The number of carboxylic acids is 1. The molecule has 1 aliphatic rings. The van der Waals surface area contributed by atoms with E-state index < -0.39 is 22.0 Å². The lowest BCUT2D eigenvalue weighted by molar-refractivity contribution is -0.143. The molecule has 1 aromatic heterocycles. The van der Waals surface area contributed by atoms with Crippen molar-refractivity contribution >= 4 is 27.3 Å². The fourth-order valence-corrected chi connectivity index (χ4v) is 5.15. The average Bonchev–Trinajstić information content (AvgIpc) is 2.92. The summed E-state index contributed by atoms with van der Waals surface area (Å²) in [7, 11) is -3.67. The Morgan fingerprint density at radius 1 is 1.58 bits per heavy atom. The van der Waals surface area contributed by atoms with E-state index in [0.717, 1.165) is 28.5 Å². The highest BCUT2D eigenvalue weighted by atomic mass is 32.2. The van der Waals surface area contributed by atoms with Crippen molar-refractivity contribution in [2.45, 2.75) is 36.4 Å². The summed E-state index contributed by atoms with van der Waals surface area (Å²) in [5.74, 6) is -0.769. The van der Waals surface area contributed by atoms with Crippen molar-refractivity contribution in [3.63, 3.8) is 0 Å². The monoisotopic (exact) mass is 303 g/mol. The van der Waals surface area contributed by atoms with E-state index in [4.69, 9.17) is 0 Å². The van der Waals surface area contributed by atoms with Crippen LogP contribution in [0.1, 0.15) is 26.2 Å². The number of hydrogen-bond acceptors (Lipinski definition) is 4. The summed E-state index contributed by atoms with van der Waals surface area (Å²) in [6.45, 7) is 2.29. The first-order valence-electron chi connectivity index (χ1n) is 6.25. The number of nitrogens with zero attached hydrogens (tertiary/aromatic N) is 1. The number of piperidine rings is 1. The van der Waals surface area contributed by atoms with E-state index in [9.17, 15) is 18.3 Å². The molecule has 2 atom stereocenters. The molecule has 2 unspecified atom stereocenters. The lowest BCUT2D eigenvalue weighted by Gasteiger charge is -2.35. The number of hydrogen-bond donors (Lipinski definition) is 1. The minimum absolute atomic E-state index is 0.216. The van der Waals surface area contributed by atoms with Gasteiger partial charge in [0.2, 0.25) is 0 Å². The highest BCUT2D eigenvalue weighted by Crippen LogP contribution is 2.31. The van der Waals surface area contributed by atoms with Gasteiger partial charge in [-0.1, -0.05) is 19.4 Å². The van der Waals surface area contributed by atoms with Crippen molar-refractivity contribution in [3.05, 3.63) is 17.5 Å². The Bertz CT molecular complexity index is 538. The summed E-state index contributed by atoms with van der Waals surface area (Å²) < 4.78 is 26.2. The molecule has 0 aromatic carbocycles. The molecule has 0 radical (unpaired) electrons. The highest BCUT2D eigenvalue weighted by Gasteiger charge is 2.40. The van der Waals surface area contributed by atoms with Crippen molar-refractivity contribution in [2.75, 3.05) is 6.54 Å². The molecule has 19 heavy (non-hydrogen) atoms. The second kappa shape index (κ2) is 5.60. The quantitative estimate of drug-likeness (QED) is 0.923. The van der Waals surface area contributed by atoms with Gasteiger partial charge in [-0.05, 0) is 30.2 Å². The average molecular weight is 303 g/mol. The van der Waals surface area contributed by atoms with Crippen molar-refractivity contribution in [2.24, 2.45) is 5.92 Å². The summed E-state index contributed by atoms with van der Waals surface area (Å²) in [4.78, 5) is 11.3. The predicted octanol–water partition coefficient (Wildman–Crippen LogP) is 2.01. The molecule has 0 aliphatic carbocycles. The van der Waals surface area contributed by atoms with E-state index >= 15 is 0 Å². The minimum Gasteiger partial charge on any atom is -0.480 e. The van der Waals surface area contributed by atoms with E-state index in [1.165, 1.54) is 6.07 Å². The summed E-state index contributed by atoms with van der Waals surface area (Å²) in [6.07, 6.45) is 2.01. The third-order valence-corrected chi connectivity index (χ3v) is 6.86. The van der Waals surface area contributed by atoms with Gasteiger partial charge >= 0.3 is 5.97 Å². The number of thiophene rings is 1. The first-order valence-corrected chi connectivity index (χ1v) is 8.57. The molecule has 106 valence electrons. The zero-order chi connectivity index (χ0) is 14.0. The lowest BCUT2D eigenvalue weighted by Crippen LogP contribution is -2.49. The Morgan fingerprint density at radius 2 is 2.32 bits per heavy atom. The topological polar surface area (TPSA) is 74.7 Å². The van der Waals surface area contributed by atoms with Gasteiger partial charge in [0.05, 0.1) is 0 Å². The summed E-state index contributed by atoms with van der Waals surface area (Å²) in [5, 5.41) is 11.0. The van der Waals surface area contributed by atoms with Gasteiger partial charge in [-0.15, -0.1) is 11.3 Å². The summed E-state index contributed by atoms with van der Waals surface area (Å²) >= 11 is 1.12. The SMILES string of the molecule is CCC1CCN(S(=O)(=O)c2cccs2)C(C(=O)O)C1. The van der Waals surface area contributed by atoms with E-state index in [1.807, 2.05) is 6.92 Å². The van der Waals surface area contributed by atoms with E-state index in [1.54, 1.807) is 11.4 Å². The Morgan fingerprint density at radius 3 is 2.84 bits per heavy atom. The second-order valence-electron chi connectivity index (χ2n) is 4.70. The molecule has 1 aliphatic heterocycles. The molecule has 1 fully saturated rings. The molecular weight excluding hydrogens is 286 g/mol. The van der Waals surface area contributed by atoms with Crippen molar-refractivity contribution < 1.29 is 18.3 Å². The van der Waals surface area contributed by atoms with Crippen LogP contribution in [0, 0.1) is 5.92 Å². The van der Waals surface area contributed by atoms with Crippen LogP contribution < -0.4 is 0 Å². The van der Waals surface area contributed by atoms with Crippen LogP contribution in [0.4, 0.5) is 0 Å². The second-order valence-corrected chi connectivity index (χ2v) is 7.77. The Balaban J connectivity index is 2.30. The molecule has 0 bridgehead atoms. The van der Waals surface area contributed by atoms with E-state index in [-0.39, 0.29) is 16.7 Å². The molecular formula is C12H17NO4S2. The first kappa shape index (κ1) is 14.5. The molecule has 1 aromatic rings. The van der Waals surface area contributed by atoms with Crippen molar-refractivity contribution in [1.82, 2.24) is 4.31 Å². The largest absolute Gasteiger partial charge is 0.480 e. The molecule has 0 amide bonds. The molecule has 2 rings (SSSR count). The maximum absolute atomic E-state index is 12.4. The van der Waals surface area contributed by atoms with Crippen LogP contribution in [0.25, 0.3) is 0 Å². The number of carboxylic acid groups (broad SMARTS) is 1. The number of rotatable bonds is 4. The first-order chi connectivity index (χ1) is 8.96. The smallest absolute Gasteiger partial charge is 0.322 e. The van der Waals surface area contributed by atoms with E-state index in [0.29, 0.717) is 6.42 Å². The lowest BCUT2D eigenvalue weighted by atomic mass is 9.90. The van der Waals surface area contributed by atoms with Gasteiger partial charge in [-0.2, -0.15) is 4.31 Å². The van der Waals surface area contributed by atoms with Gasteiger partial charge in [0.1, 0.15) is 10.3 Å². The van der Waals surface area contributed by atoms with Crippen LogP contribution in [0.3, 0.4) is 0 Å². The zero-order valence-corrected chi connectivity index (χ0v) is 12.3. The van der Waals surface area contributed by atoms with Crippen LogP contribution in [-0.2, 0) is 14.8 Å². The number of sulfonamides is 1. The summed E-state index contributed by atoms with van der Waals surface area (Å²) in [6, 6.07) is 2.24. The summed E-state index contributed by atoms with van der Waals surface area (Å²) in [5.41, 5.74) is 0. The standard InChI is InChI=1S/C12H17NO4S2/c1-2-9-5-6-13(10(8-9)12(14)15)19(16,17)11-4-3-7-18-11/h3-4,7,9-10H,2,5-6,8H2,1H3,(H,14,15). The fraction of sp³-hybridized carbons (Fsp3) is 0.583. The normalized spacial score (nSPS) is 25.3. The maximum Gasteiger partial charge on any atom is 0.322 e. The minimum atomic E-state index is -3.67. The molecule has 1 N–H and O–H groups in total. The Hall–Kier alpha value is -0.920. The Labute approximate surface area is 116 Å². The van der Waals surface area contributed by atoms with E-state index in [2.05, 4.69) is 0 Å². The molecule has 5 nitrogen and oxygen atoms in total. The van der Waals surface area contributed by atoms with Gasteiger partial charge in [0, 0.05) is 6.54 Å². The highest BCUT2D eigenvalue weighted by molar-refractivity contribution is 7.91. The third kappa shape index (κ3) is 2.82. The van der Waals surface area contributed by atoms with Gasteiger partial charge in [-0.3, -0.25) is 4.79 Å². The van der Waals surface area contributed by atoms with Crippen LogP contribution in [0.15, 0.2) is 21.7 Å². The molecule has 2 heterocycles. The van der Waals surface area contributed by atoms with Crippen LogP contribution in [0.5, 0.6) is 0 Å². The number of carbonyl (C=O) groups is 1. The molecule has 7 heteroatoms. The predicted molar refractivity (Wildman–Crippen MR) is 72.6 cm³/mol. The maximum atomic E-state index is 12.4. The van der Waals surface area contributed by atoms with Crippen LogP contribution >= 0.6 is 11.3 Å². The van der Waals surface area contributed by atoms with Gasteiger partial charge in [0.15, 0.2) is 0 Å². The number of aliphatic carboxylic acids is 1. The van der Waals surface area contributed by atoms with Crippen LogP contribution in [0.2, 0.25) is 0 Å². The van der Waals surface area contributed by atoms with Crippen molar-refractivity contribution in [1.29, 1.82) is 0 Å². The molecule has 1 saturated heterocycles. The zero-order valence-electron chi connectivity index (χ0n) is 10.7. The molecule has 0 spiro atoms. The van der Waals surface area contributed by atoms with Crippen molar-refractivity contribution in [3.8, 4) is 0 Å².